The van der Waals surface area contributed by atoms with Crippen molar-refractivity contribution in [3.05, 3.63) is 58.9 Å². The maximum atomic E-state index is 13.3. The van der Waals surface area contributed by atoms with Gasteiger partial charge >= 0.3 is 0 Å². The standard InChI is InChI=1S/C15H12ClFO2/c16-13-6-5-11(8-14(13)17)18-9-12-7-10-3-1-2-4-15(10)19-12/h1-6,8,12H,7,9H2. The van der Waals surface area contributed by atoms with E-state index < -0.39 is 5.82 Å². The van der Waals surface area contributed by atoms with Gasteiger partial charge in [0.15, 0.2) is 0 Å². The second-order valence-corrected chi connectivity index (χ2v) is 4.85. The first-order chi connectivity index (χ1) is 9.22. The van der Waals surface area contributed by atoms with Crippen LogP contribution in [-0.4, -0.2) is 12.7 Å². The van der Waals surface area contributed by atoms with Crippen LogP contribution < -0.4 is 9.47 Å². The molecular formula is C15H12ClFO2. The molecule has 2 aromatic carbocycles. The fourth-order valence-electron chi connectivity index (χ4n) is 2.10. The molecule has 1 unspecified atom stereocenters. The summed E-state index contributed by atoms with van der Waals surface area (Å²) in [5, 5.41) is 0.0943. The van der Waals surface area contributed by atoms with Gasteiger partial charge in [-0.25, -0.2) is 4.39 Å². The van der Waals surface area contributed by atoms with Crippen LogP contribution in [0.1, 0.15) is 5.56 Å². The molecule has 0 spiro atoms. The minimum Gasteiger partial charge on any atom is -0.490 e. The van der Waals surface area contributed by atoms with Gasteiger partial charge in [0.2, 0.25) is 0 Å². The molecule has 1 heterocycles. The third-order valence-electron chi connectivity index (χ3n) is 3.04. The van der Waals surface area contributed by atoms with Gasteiger partial charge in [0.05, 0.1) is 5.02 Å². The van der Waals surface area contributed by atoms with Gasteiger partial charge in [-0.3, -0.25) is 0 Å². The van der Waals surface area contributed by atoms with Gasteiger partial charge in [0.25, 0.3) is 0 Å². The Morgan fingerprint density at radius 3 is 2.89 bits per heavy atom. The molecule has 3 rings (SSSR count). The molecule has 98 valence electrons. The van der Waals surface area contributed by atoms with Crippen molar-refractivity contribution in [2.45, 2.75) is 12.5 Å². The van der Waals surface area contributed by atoms with E-state index in [0.29, 0.717) is 12.4 Å². The summed E-state index contributed by atoms with van der Waals surface area (Å²) >= 11 is 5.61. The van der Waals surface area contributed by atoms with Crippen LogP contribution in [0.5, 0.6) is 11.5 Å². The summed E-state index contributed by atoms with van der Waals surface area (Å²) in [5.74, 6) is 0.884. The van der Waals surface area contributed by atoms with E-state index in [1.54, 1.807) is 6.07 Å². The van der Waals surface area contributed by atoms with Crippen LogP contribution in [0.15, 0.2) is 42.5 Å². The van der Waals surface area contributed by atoms with E-state index in [4.69, 9.17) is 21.1 Å². The van der Waals surface area contributed by atoms with Crippen molar-refractivity contribution in [1.29, 1.82) is 0 Å². The Balaban J connectivity index is 1.61. The molecule has 0 bridgehead atoms. The zero-order valence-corrected chi connectivity index (χ0v) is 10.9. The number of rotatable bonds is 3. The fraction of sp³-hybridized carbons (Fsp3) is 0.200. The number of hydrogen-bond donors (Lipinski definition) is 0. The lowest BCUT2D eigenvalue weighted by molar-refractivity contribution is 0.148. The van der Waals surface area contributed by atoms with Crippen LogP contribution in [0.4, 0.5) is 4.39 Å². The van der Waals surface area contributed by atoms with Crippen LogP contribution in [0.3, 0.4) is 0 Å². The molecule has 0 saturated carbocycles. The monoisotopic (exact) mass is 278 g/mol. The average molecular weight is 279 g/mol. The van der Waals surface area contributed by atoms with Crippen LogP contribution >= 0.6 is 11.6 Å². The Labute approximate surface area is 115 Å². The highest BCUT2D eigenvalue weighted by atomic mass is 35.5. The molecule has 1 aliphatic heterocycles. The van der Waals surface area contributed by atoms with Gasteiger partial charge in [0.1, 0.15) is 30.0 Å². The predicted octanol–water partition coefficient (Wildman–Crippen LogP) is 3.86. The highest BCUT2D eigenvalue weighted by Crippen LogP contribution is 2.28. The Morgan fingerprint density at radius 2 is 2.11 bits per heavy atom. The zero-order chi connectivity index (χ0) is 13.2. The predicted molar refractivity (Wildman–Crippen MR) is 71.5 cm³/mol. The molecule has 4 heteroatoms. The van der Waals surface area contributed by atoms with Gasteiger partial charge < -0.3 is 9.47 Å². The summed E-state index contributed by atoms with van der Waals surface area (Å²) in [6.07, 6.45) is 0.780. The van der Waals surface area contributed by atoms with Crippen LogP contribution in [-0.2, 0) is 6.42 Å². The Hall–Kier alpha value is -1.74. The molecule has 1 atom stereocenters. The van der Waals surface area contributed by atoms with Gasteiger partial charge in [-0.1, -0.05) is 29.8 Å². The van der Waals surface area contributed by atoms with E-state index in [2.05, 4.69) is 0 Å². The summed E-state index contributed by atoms with van der Waals surface area (Å²) in [5.41, 5.74) is 1.18. The second kappa shape index (κ2) is 5.10. The molecule has 2 nitrogen and oxygen atoms in total. The lowest BCUT2D eigenvalue weighted by Gasteiger charge is -2.12. The van der Waals surface area contributed by atoms with Crippen molar-refractivity contribution >= 4 is 11.6 Å². The van der Waals surface area contributed by atoms with E-state index in [1.807, 2.05) is 24.3 Å². The topological polar surface area (TPSA) is 18.5 Å². The van der Waals surface area contributed by atoms with Gasteiger partial charge in [-0.2, -0.15) is 0 Å². The van der Waals surface area contributed by atoms with E-state index in [9.17, 15) is 4.39 Å². The molecule has 0 saturated heterocycles. The van der Waals surface area contributed by atoms with Gasteiger partial charge in [-0.05, 0) is 23.8 Å². The third kappa shape index (κ3) is 2.66. The molecule has 1 aliphatic rings. The smallest absolute Gasteiger partial charge is 0.145 e. The summed E-state index contributed by atoms with van der Waals surface area (Å²) < 4.78 is 24.5. The van der Waals surface area contributed by atoms with E-state index >= 15 is 0 Å². The summed E-state index contributed by atoms with van der Waals surface area (Å²) in [7, 11) is 0. The maximum absolute atomic E-state index is 13.3. The van der Waals surface area contributed by atoms with E-state index in [0.717, 1.165) is 12.2 Å². The van der Waals surface area contributed by atoms with Gasteiger partial charge in [0, 0.05) is 12.5 Å². The molecule has 0 aliphatic carbocycles. The highest BCUT2D eigenvalue weighted by molar-refractivity contribution is 6.30. The lowest BCUT2D eigenvalue weighted by Crippen LogP contribution is -2.22. The molecular weight excluding hydrogens is 267 g/mol. The first-order valence-electron chi connectivity index (χ1n) is 6.05. The number of fused-ring (bicyclic) bond motifs is 1. The van der Waals surface area contributed by atoms with Crippen LogP contribution in [0.25, 0.3) is 0 Å². The summed E-state index contributed by atoms with van der Waals surface area (Å²) in [4.78, 5) is 0. The zero-order valence-electron chi connectivity index (χ0n) is 10.1. The van der Waals surface area contributed by atoms with Crippen molar-refractivity contribution < 1.29 is 13.9 Å². The number of ether oxygens (including phenoxy) is 2. The minimum absolute atomic E-state index is 0.0314. The fourth-order valence-corrected chi connectivity index (χ4v) is 2.22. The largest absolute Gasteiger partial charge is 0.490 e. The summed E-state index contributed by atoms with van der Waals surface area (Å²) in [6, 6.07) is 12.3. The van der Waals surface area contributed by atoms with Gasteiger partial charge in [-0.15, -0.1) is 0 Å². The van der Waals surface area contributed by atoms with Crippen LogP contribution in [0.2, 0.25) is 5.02 Å². The summed E-state index contributed by atoms with van der Waals surface area (Å²) in [6.45, 7) is 0.385. The average Bonchev–Trinajstić information content (AvgIpc) is 2.83. The molecule has 0 N–H and O–H groups in total. The van der Waals surface area contributed by atoms with Crippen molar-refractivity contribution in [2.24, 2.45) is 0 Å². The first-order valence-corrected chi connectivity index (χ1v) is 6.42. The van der Waals surface area contributed by atoms with Crippen molar-refractivity contribution in [2.75, 3.05) is 6.61 Å². The number of halogens is 2. The van der Waals surface area contributed by atoms with Crippen LogP contribution in [0, 0.1) is 5.82 Å². The maximum Gasteiger partial charge on any atom is 0.145 e. The molecule has 0 aromatic heterocycles. The molecule has 0 fully saturated rings. The van der Waals surface area contributed by atoms with Crippen molar-refractivity contribution in [3.63, 3.8) is 0 Å². The first kappa shape index (κ1) is 12.3. The quantitative estimate of drug-likeness (QED) is 0.849. The molecule has 0 radical (unpaired) electrons. The molecule has 19 heavy (non-hydrogen) atoms. The van der Waals surface area contributed by atoms with E-state index in [1.165, 1.54) is 17.7 Å². The second-order valence-electron chi connectivity index (χ2n) is 4.44. The molecule has 2 aromatic rings. The Kier molecular flexibility index (Phi) is 3.30. The number of benzene rings is 2. The van der Waals surface area contributed by atoms with E-state index in [-0.39, 0.29) is 11.1 Å². The SMILES string of the molecule is Fc1cc(OCC2Cc3ccccc3O2)ccc1Cl. The highest BCUT2D eigenvalue weighted by Gasteiger charge is 2.22. The van der Waals surface area contributed by atoms with Crippen molar-refractivity contribution in [3.8, 4) is 11.5 Å². The minimum atomic E-state index is -0.477. The Bertz CT molecular complexity index is 575. The normalized spacial score (nSPS) is 16.8. The Morgan fingerprint density at radius 1 is 1.26 bits per heavy atom. The van der Waals surface area contributed by atoms with Crippen molar-refractivity contribution in [1.82, 2.24) is 0 Å². The lowest BCUT2D eigenvalue weighted by atomic mass is 10.1. The number of para-hydroxylation sites is 1. The third-order valence-corrected chi connectivity index (χ3v) is 3.35. The molecule has 0 amide bonds. The number of hydrogen-bond acceptors (Lipinski definition) is 2.